The summed E-state index contributed by atoms with van der Waals surface area (Å²) in [6.07, 6.45) is 3.04. The van der Waals surface area contributed by atoms with E-state index >= 15 is 0 Å². The largest absolute Gasteiger partial charge is 0.361 e. The molecule has 0 aliphatic heterocycles. The van der Waals surface area contributed by atoms with E-state index in [4.69, 9.17) is 0 Å². The minimum atomic E-state index is 0.0502. The van der Waals surface area contributed by atoms with E-state index < -0.39 is 0 Å². The number of amides is 1. The Bertz CT molecular complexity index is 800. The lowest BCUT2D eigenvalue weighted by atomic mass is 10.1. The first-order valence-corrected chi connectivity index (χ1v) is 7.46. The van der Waals surface area contributed by atoms with Crippen LogP contribution in [-0.4, -0.2) is 21.1 Å². The molecule has 0 unspecified atom stereocenters. The summed E-state index contributed by atoms with van der Waals surface area (Å²) in [6.45, 7) is 4.57. The zero-order valence-corrected chi connectivity index (χ0v) is 12.9. The number of benzene rings is 1. The van der Waals surface area contributed by atoms with Gasteiger partial charge in [0.25, 0.3) is 0 Å². The molecule has 0 aliphatic rings. The Morgan fingerprint density at radius 2 is 2.14 bits per heavy atom. The quantitative estimate of drug-likeness (QED) is 0.677. The van der Waals surface area contributed by atoms with Gasteiger partial charge in [0.15, 0.2) is 0 Å². The van der Waals surface area contributed by atoms with E-state index in [9.17, 15) is 4.79 Å². The minimum Gasteiger partial charge on any atom is -0.361 e. The number of nitrogens with one attached hydrogen (secondary N) is 3. The Labute approximate surface area is 129 Å². The predicted octanol–water partition coefficient (Wildman–Crippen LogP) is 2.76. The predicted molar refractivity (Wildman–Crippen MR) is 86.5 cm³/mol. The molecule has 22 heavy (non-hydrogen) atoms. The topological polar surface area (TPSA) is 73.6 Å². The number of hydrogen-bond donors (Lipinski definition) is 3. The van der Waals surface area contributed by atoms with E-state index in [1.165, 1.54) is 0 Å². The number of aryl methyl sites for hydroxylation is 2. The van der Waals surface area contributed by atoms with Gasteiger partial charge >= 0.3 is 0 Å². The maximum atomic E-state index is 12.0. The SMILES string of the molecule is Cc1[nH]nc(CCC(=O)NCc2ccc3[nH]ccc3c2)c1C. The van der Waals surface area contributed by atoms with Gasteiger partial charge in [0.2, 0.25) is 5.91 Å². The van der Waals surface area contributed by atoms with Crippen LogP contribution in [0.2, 0.25) is 0 Å². The number of nitrogens with zero attached hydrogens (tertiary/aromatic N) is 1. The number of aromatic amines is 2. The highest BCUT2D eigenvalue weighted by atomic mass is 16.1. The van der Waals surface area contributed by atoms with Crippen LogP contribution in [0.3, 0.4) is 0 Å². The van der Waals surface area contributed by atoms with Crippen molar-refractivity contribution in [3.05, 3.63) is 53.0 Å². The number of carbonyl (C=O) groups excluding carboxylic acids is 1. The minimum absolute atomic E-state index is 0.0502. The van der Waals surface area contributed by atoms with Crippen molar-refractivity contribution in [2.75, 3.05) is 0 Å². The Kier molecular flexibility index (Phi) is 3.96. The highest BCUT2D eigenvalue weighted by Gasteiger charge is 2.08. The molecule has 0 saturated carbocycles. The van der Waals surface area contributed by atoms with E-state index in [0.717, 1.165) is 33.4 Å². The normalized spacial score (nSPS) is 11.0. The Morgan fingerprint density at radius 3 is 2.91 bits per heavy atom. The fourth-order valence-electron chi connectivity index (χ4n) is 2.51. The Morgan fingerprint density at radius 1 is 1.27 bits per heavy atom. The van der Waals surface area contributed by atoms with Gasteiger partial charge in [0.05, 0.1) is 5.69 Å². The van der Waals surface area contributed by atoms with Crippen molar-refractivity contribution >= 4 is 16.8 Å². The molecule has 2 heterocycles. The van der Waals surface area contributed by atoms with Crippen LogP contribution in [0.15, 0.2) is 30.5 Å². The second-order valence-corrected chi connectivity index (χ2v) is 5.60. The lowest BCUT2D eigenvalue weighted by Crippen LogP contribution is -2.23. The third-order valence-electron chi connectivity index (χ3n) is 4.05. The number of rotatable bonds is 5. The van der Waals surface area contributed by atoms with Crippen LogP contribution in [0.5, 0.6) is 0 Å². The molecular weight excluding hydrogens is 276 g/mol. The van der Waals surface area contributed by atoms with Crippen LogP contribution in [0.25, 0.3) is 10.9 Å². The van der Waals surface area contributed by atoms with Gasteiger partial charge in [-0.05, 0) is 48.6 Å². The van der Waals surface area contributed by atoms with Gasteiger partial charge < -0.3 is 10.3 Å². The van der Waals surface area contributed by atoms with Gasteiger partial charge in [-0.2, -0.15) is 5.10 Å². The summed E-state index contributed by atoms with van der Waals surface area (Å²) in [5.41, 5.74) is 5.40. The summed E-state index contributed by atoms with van der Waals surface area (Å²) in [5, 5.41) is 11.3. The first-order chi connectivity index (χ1) is 10.6. The third-order valence-corrected chi connectivity index (χ3v) is 4.05. The second-order valence-electron chi connectivity index (χ2n) is 5.60. The molecule has 3 N–H and O–H groups in total. The molecule has 2 aromatic heterocycles. The first-order valence-electron chi connectivity index (χ1n) is 7.46. The summed E-state index contributed by atoms with van der Waals surface area (Å²) in [4.78, 5) is 15.1. The summed E-state index contributed by atoms with van der Waals surface area (Å²) in [7, 11) is 0. The average Bonchev–Trinajstić information content (AvgIpc) is 3.11. The smallest absolute Gasteiger partial charge is 0.220 e. The molecule has 0 atom stereocenters. The maximum absolute atomic E-state index is 12.0. The summed E-state index contributed by atoms with van der Waals surface area (Å²) in [6, 6.07) is 8.18. The van der Waals surface area contributed by atoms with Crippen LogP contribution < -0.4 is 5.32 Å². The molecule has 3 aromatic rings. The van der Waals surface area contributed by atoms with E-state index in [1.54, 1.807) is 0 Å². The molecule has 0 aliphatic carbocycles. The van der Waals surface area contributed by atoms with Gasteiger partial charge in [-0.25, -0.2) is 0 Å². The lowest BCUT2D eigenvalue weighted by molar-refractivity contribution is -0.121. The summed E-state index contributed by atoms with van der Waals surface area (Å²) >= 11 is 0. The van der Waals surface area contributed by atoms with Crippen molar-refractivity contribution in [1.29, 1.82) is 0 Å². The zero-order valence-electron chi connectivity index (χ0n) is 12.9. The average molecular weight is 296 g/mol. The van der Waals surface area contributed by atoms with Crippen LogP contribution in [0, 0.1) is 13.8 Å². The van der Waals surface area contributed by atoms with Gasteiger partial charge in [-0.1, -0.05) is 6.07 Å². The monoisotopic (exact) mass is 296 g/mol. The van der Waals surface area contributed by atoms with Crippen molar-refractivity contribution in [2.45, 2.75) is 33.2 Å². The standard InChI is InChI=1S/C17H20N4O/c1-11-12(2)20-21-15(11)5-6-17(22)19-10-13-3-4-16-14(9-13)7-8-18-16/h3-4,7-9,18H,5-6,10H2,1-2H3,(H,19,22)(H,20,21). The molecule has 0 bridgehead atoms. The molecule has 1 amide bonds. The Balaban J connectivity index is 1.52. The first kappa shape index (κ1) is 14.4. The fourth-order valence-corrected chi connectivity index (χ4v) is 2.51. The van der Waals surface area contributed by atoms with E-state index in [1.807, 2.05) is 38.2 Å². The van der Waals surface area contributed by atoms with Crippen molar-refractivity contribution in [1.82, 2.24) is 20.5 Å². The molecule has 0 radical (unpaired) electrons. The summed E-state index contributed by atoms with van der Waals surface area (Å²) < 4.78 is 0. The third kappa shape index (κ3) is 3.03. The molecule has 5 heteroatoms. The highest BCUT2D eigenvalue weighted by Crippen LogP contribution is 2.14. The summed E-state index contributed by atoms with van der Waals surface area (Å²) in [5.74, 6) is 0.0502. The van der Waals surface area contributed by atoms with E-state index in [-0.39, 0.29) is 5.91 Å². The van der Waals surface area contributed by atoms with Gasteiger partial charge in [0.1, 0.15) is 0 Å². The van der Waals surface area contributed by atoms with Gasteiger partial charge in [-0.3, -0.25) is 9.89 Å². The Hall–Kier alpha value is -2.56. The maximum Gasteiger partial charge on any atom is 0.220 e. The molecule has 114 valence electrons. The van der Waals surface area contributed by atoms with Crippen LogP contribution >= 0.6 is 0 Å². The molecule has 0 fully saturated rings. The van der Waals surface area contributed by atoms with Gasteiger partial charge in [0, 0.05) is 36.8 Å². The van der Waals surface area contributed by atoms with Crippen molar-refractivity contribution in [3.8, 4) is 0 Å². The zero-order chi connectivity index (χ0) is 15.5. The molecule has 5 nitrogen and oxygen atoms in total. The van der Waals surface area contributed by atoms with E-state index in [0.29, 0.717) is 19.4 Å². The van der Waals surface area contributed by atoms with Crippen LogP contribution in [-0.2, 0) is 17.8 Å². The molecular formula is C17H20N4O. The number of carbonyl (C=O) groups is 1. The van der Waals surface area contributed by atoms with Gasteiger partial charge in [-0.15, -0.1) is 0 Å². The highest BCUT2D eigenvalue weighted by molar-refractivity contribution is 5.80. The van der Waals surface area contributed by atoms with Crippen molar-refractivity contribution < 1.29 is 4.79 Å². The van der Waals surface area contributed by atoms with Crippen molar-refractivity contribution in [2.24, 2.45) is 0 Å². The van der Waals surface area contributed by atoms with Crippen molar-refractivity contribution in [3.63, 3.8) is 0 Å². The second kappa shape index (κ2) is 6.05. The molecule has 3 rings (SSSR count). The van der Waals surface area contributed by atoms with Crippen LogP contribution in [0.4, 0.5) is 0 Å². The van der Waals surface area contributed by atoms with E-state index in [2.05, 4.69) is 26.6 Å². The number of aromatic nitrogens is 3. The fraction of sp³-hybridized carbons (Fsp3) is 0.294. The number of H-pyrrole nitrogens is 2. The molecule has 0 saturated heterocycles. The molecule has 0 spiro atoms. The number of hydrogen-bond acceptors (Lipinski definition) is 2. The molecule has 1 aromatic carbocycles. The van der Waals surface area contributed by atoms with Crippen LogP contribution in [0.1, 0.15) is 28.9 Å². The number of fused-ring (bicyclic) bond motifs is 1. The lowest BCUT2D eigenvalue weighted by Gasteiger charge is -2.05.